The van der Waals surface area contributed by atoms with Crippen LogP contribution in [0.4, 0.5) is 28.8 Å². The molecular weight excluding hydrogens is 508 g/mol. The van der Waals surface area contributed by atoms with Gasteiger partial charge in [-0.25, -0.2) is 38.1 Å². The van der Waals surface area contributed by atoms with Gasteiger partial charge < -0.3 is 10.6 Å². The van der Waals surface area contributed by atoms with Crippen LogP contribution in [0.5, 0.6) is 0 Å². The zero-order valence-electron chi connectivity index (χ0n) is 19.0. The van der Waals surface area contributed by atoms with Crippen LogP contribution in [0.15, 0.2) is 96.5 Å². The number of nitrogens with zero attached hydrogens (tertiary/aromatic N) is 5. The Hall–Kier alpha value is -4.68. The molecule has 0 aliphatic carbocycles. The molecule has 10 nitrogen and oxygen atoms in total. The molecule has 6 rings (SSSR count). The maximum Gasteiger partial charge on any atom is 0.264 e. The molecule has 0 saturated carbocycles. The van der Waals surface area contributed by atoms with Gasteiger partial charge in [-0.05, 0) is 60.7 Å². The van der Waals surface area contributed by atoms with Crippen molar-refractivity contribution in [3.8, 4) is 0 Å². The molecule has 0 amide bonds. The minimum absolute atomic E-state index is 0.0156. The highest BCUT2D eigenvalue weighted by atomic mass is 32.2. The van der Waals surface area contributed by atoms with Crippen molar-refractivity contribution in [1.29, 1.82) is 0 Å². The van der Waals surface area contributed by atoms with Crippen molar-refractivity contribution in [2.75, 3.05) is 15.4 Å². The first kappa shape index (κ1) is 22.8. The quantitative estimate of drug-likeness (QED) is 0.253. The molecule has 12 heteroatoms. The average molecular weight is 527 g/mol. The van der Waals surface area contributed by atoms with E-state index in [-0.39, 0.29) is 10.8 Å². The van der Waals surface area contributed by atoms with Crippen LogP contribution in [0, 0.1) is 0 Å². The number of thiophene rings is 1. The molecule has 37 heavy (non-hydrogen) atoms. The molecule has 4 heterocycles. The summed E-state index contributed by atoms with van der Waals surface area (Å²) in [4.78, 5) is 22.1. The number of anilines is 5. The van der Waals surface area contributed by atoms with E-state index in [9.17, 15) is 8.42 Å². The minimum Gasteiger partial charge on any atom is -0.355 e. The number of hydrogen-bond donors (Lipinski definition) is 3. The predicted octanol–water partition coefficient (Wildman–Crippen LogP) is 5.32. The van der Waals surface area contributed by atoms with Gasteiger partial charge in [-0.3, -0.25) is 0 Å². The molecule has 2 aromatic carbocycles. The molecule has 0 spiro atoms. The lowest BCUT2D eigenvalue weighted by molar-refractivity contribution is 0.601. The molecule has 3 N–H and O–H groups in total. The third-order valence-electron chi connectivity index (χ3n) is 5.40. The van der Waals surface area contributed by atoms with Crippen LogP contribution < -0.4 is 15.4 Å². The van der Waals surface area contributed by atoms with Gasteiger partial charge in [-0.1, -0.05) is 6.07 Å². The third kappa shape index (κ3) is 4.75. The lowest BCUT2D eigenvalue weighted by Gasteiger charge is -2.11. The van der Waals surface area contributed by atoms with Gasteiger partial charge in [0.15, 0.2) is 5.82 Å². The normalized spacial score (nSPS) is 11.5. The molecular formula is C25H18N8O2S2. The molecule has 0 saturated heterocycles. The number of rotatable bonds is 7. The second-order valence-electron chi connectivity index (χ2n) is 7.89. The highest BCUT2D eigenvalue weighted by Gasteiger charge is 2.15. The number of aromatic nitrogens is 5. The first-order chi connectivity index (χ1) is 18.0. The van der Waals surface area contributed by atoms with Crippen molar-refractivity contribution < 1.29 is 8.42 Å². The van der Waals surface area contributed by atoms with Gasteiger partial charge in [-0.15, -0.1) is 11.3 Å². The second-order valence-corrected chi connectivity index (χ2v) is 10.6. The Kier molecular flexibility index (Phi) is 5.79. The Morgan fingerprint density at radius 1 is 0.703 bits per heavy atom. The Labute approximate surface area is 215 Å². The summed E-state index contributed by atoms with van der Waals surface area (Å²) in [5.74, 6) is 0.719. The Bertz CT molecular complexity index is 1830. The van der Waals surface area contributed by atoms with Crippen molar-refractivity contribution in [3.05, 3.63) is 91.6 Å². The number of fused-ring (bicyclic) bond motifs is 3. The number of benzene rings is 2. The summed E-state index contributed by atoms with van der Waals surface area (Å²) in [5.41, 5.74) is 3.25. The maximum absolute atomic E-state index is 12.6. The van der Waals surface area contributed by atoms with Gasteiger partial charge in [0.25, 0.3) is 10.0 Å². The highest BCUT2D eigenvalue weighted by molar-refractivity contribution is 7.92. The summed E-state index contributed by atoms with van der Waals surface area (Å²) in [5, 5.41) is 7.68. The van der Waals surface area contributed by atoms with Crippen molar-refractivity contribution in [1.82, 2.24) is 24.9 Å². The van der Waals surface area contributed by atoms with Gasteiger partial charge in [0.05, 0.1) is 15.1 Å². The van der Waals surface area contributed by atoms with E-state index in [1.54, 1.807) is 42.1 Å². The lowest BCUT2D eigenvalue weighted by atomic mass is 10.2. The third-order valence-corrected chi connectivity index (χ3v) is 7.85. The highest BCUT2D eigenvalue weighted by Crippen LogP contribution is 2.35. The molecule has 0 fully saturated rings. The number of sulfonamides is 1. The number of nitrogens with one attached hydrogen (secondary N) is 3. The SMILES string of the molecule is O=S(=O)(Nc1ncccn1)c1ccc(Nc2cccc(Nc3ncnc4c3sc3ncccc34)c2)cc1. The van der Waals surface area contributed by atoms with Crippen LogP contribution in [0.2, 0.25) is 0 Å². The average Bonchev–Trinajstić information content (AvgIpc) is 3.30. The first-order valence-electron chi connectivity index (χ1n) is 11.1. The molecule has 4 aromatic heterocycles. The smallest absolute Gasteiger partial charge is 0.264 e. The summed E-state index contributed by atoms with van der Waals surface area (Å²) in [6, 6.07) is 19.7. The maximum atomic E-state index is 12.6. The van der Waals surface area contributed by atoms with Crippen LogP contribution in [0.3, 0.4) is 0 Å². The summed E-state index contributed by atoms with van der Waals surface area (Å²) in [6.45, 7) is 0. The summed E-state index contributed by atoms with van der Waals surface area (Å²) < 4.78 is 28.5. The Morgan fingerprint density at radius 2 is 1.46 bits per heavy atom. The largest absolute Gasteiger partial charge is 0.355 e. The van der Waals surface area contributed by atoms with Gasteiger partial charge >= 0.3 is 0 Å². The van der Waals surface area contributed by atoms with E-state index in [4.69, 9.17) is 0 Å². The standard InChI is InChI=1S/C25H18N8O2S2/c34-37(35,33-25-27-12-3-13-28-25)19-9-7-16(8-10-19)31-17-4-1-5-18(14-17)32-23-22-21(29-15-30-23)20-6-2-11-26-24(20)36-22/h1-15,31H,(H,27,28,33)(H,29,30,32). The van der Waals surface area contributed by atoms with Gasteiger partial charge in [0.2, 0.25) is 5.95 Å². The Morgan fingerprint density at radius 3 is 2.27 bits per heavy atom. The molecule has 6 aromatic rings. The van der Waals surface area contributed by atoms with E-state index in [1.165, 1.54) is 24.5 Å². The van der Waals surface area contributed by atoms with Crippen molar-refractivity contribution in [3.63, 3.8) is 0 Å². The summed E-state index contributed by atoms with van der Waals surface area (Å²) in [6.07, 6.45) is 6.24. The zero-order valence-corrected chi connectivity index (χ0v) is 20.7. The van der Waals surface area contributed by atoms with E-state index < -0.39 is 10.0 Å². The van der Waals surface area contributed by atoms with Gasteiger partial charge in [0.1, 0.15) is 11.2 Å². The van der Waals surface area contributed by atoms with Crippen LogP contribution in [-0.2, 0) is 10.0 Å². The van der Waals surface area contributed by atoms with E-state index >= 15 is 0 Å². The van der Waals surface area contributed by atoms with E-state index in [2.05, 4.69) is 40.3 Å². The fraction of sp³-hybridized carbons (Fsp3) is 0. The first-order valence-corrected chi connectivity index (χ1v) is 13.4. The van der Waals surface area contributed by atoms with Crippen molar-refractivity contribution in [2.45, 2.75) is 4.90 Å². The topological polar surface area (TPSA) is 135 Å². The van der Waals surface area contributed by atoms with Crippen LogP contribution >= 0.6 is 11.3 Å². The molecule has 0 atom stereocenters. The van der Waals surface area contributed by atoms with Crippen molar-refractivity contribution in [2.24, 2.45) is 0 Å². The minimum atomic E-state index is -3.80. The number of pyridine rings is 1. The summed E-state index contributed by atoms with van der Waals surface area (Å²) >= 11 is 1.54. The lowest BCUT2D eigenvalue weighted by Crippen LogP contribution is -2.14. The molecule has 0 aliphatic heterocycles. The predicted molar refractivity (Wildman–Crippen MR) is 145 cm³/mol. The van der Waals surface area contributed by atoms with E-state index in [1.807, 2.05) is 36.4 Å². The van der Waals surface area contributed by atoms with Gasteiger partial charge in [-0.2, -0.15) is 0 Å². The zero-order chi connectivity index (χ0) is 25.2. The molecule has 0 aliphatic rings. The van der Waals surface area contributed by atoms with Crippen LogP contribution in [0.1, 0.15) is 0 Å². The van der Waals surface area contributed by atoms with E-state index in [0.717, 1.165) is 37.5 Å². The number of hydrogen-bond acceptors (Lipinski definition) is 10. The van der Waals surface area contributed by atoms with Crippen molar-refractivity contribution >= 4 is 70.6 Å². The van der Waals surface area contributed by atoms with E-state index in [0.29, 0.717) is 5.82 Å². The molecule has 0 bridgehead atoms. The fourth-order valence-electron chi connectivity index (χ4n) is 3.73. The molecule has 0 unspecified atom stereocenters. The van der Waals surface area contributed by atoms with Crippen LogP contribution in [-0.4, -0.2) is 33.3 Å². The second kappa shape index (κ2) is 9.41. The molecule has 0 radical (unpaired) electrons. The fourth-order valence-corrected chi connectivity index (χ4v) is 5.73. The van der Waals surface area contributed by atoms with Gasteiger partial charge in [0, 0.05) is 41.0 Å². The summed E-state index contributed by atoms with van der Waals surface area (Å²) in [7, 11) is -3.80. The monoisotopic (exact) mass is 526 g/mol. The Balaban J connectivity index is 1.20. The van der Waals surface area contributed by atoms with Crippen LogP contribution in [0.25, 0.3) is 20.4 Å². The molecule has 182 valence electrons.